The highest BCUT2D eigenvalue weighted by Crippen LogP contribution is 1.95. The molecule has 0 radical (unpaired) electrons. The topological polar surface area (TPSA) is 23.8 Å². The Bertz CT molecular complexity index is 59.2. The Labute approximate surface area is 54.5 Å². The smallest absolute Gasteiger partial charge is 0.133 e. The van der Waals surface area contributed by atoms with E-state index in [1.54, 1.807) is 0 Å². The van der Waals surface area contributed by atoms with Crippen molar-refractivity contribution in [3.05, 3.63) is 0 Å². The summed E-state index contributed by atoms with van der Waals surface area (Å²) in [5.41, 5.74) is 0. The van der Waals surface area contributed by atoms with Gasteiger partial charge in [-0.3, -0.25) is 0 Å². The Kier molecular flexibility index (Phi) is 13.8. The van der Waals surface area contributed by atoms with Crippen LogP contribution in [0.15, 0.2) is 0 Å². The molecule has 0 spiro atoms. The number of halogens is 1. The van der Waals surface area contributed by atoms with Gasteiger partial charge in [0.05, 0.1) is 0 Å². The monoisotopic (exact) mass is 137 g/mol. The van der Waals surface area contributed by atoms with Gasteiger partial charge in [-0.05, 0) is 18.2 Å². The lowest BCUT2D eigenvalue weighted by molar-refractivity contribution is 1.11. The third kappa shape index (κ3) is 10.7. The first-order valence-corrected chi connectivity index (χ1v) is 2.91. The lowest BCUT2D eigenvalue weighted by Gasteiger charge is -1.76. The van der Waals surface area contributed by atoms with Gasteiger partial charge in [0, 0.05) is 5.75 Å². The van der Waals surface area contributed by atoms with Crippen molar-refractivity contribution in [3.8, 4) is 5.40 Å². The minimum atomic E-state index is 0. The number of hydrogen-bond donors (Lipinski definition) is 0. The Hall–Kier alpha value is 0.130. The van der Waals surface area contributed by atoms with Crippen molar-refractivity contribution in [2.24, 2.45) is 0 Å². The standard InChI is InChI=1S/C4H7NS.ClH/c1-2-3-6-4-5;/h2-3H2,1H3;1H. The summed E-state index contributed by atoms with van der Waals surface area (Å²) in [5.74, 6) is 0.969. The first-order chi connectivity index (χ1) is 2.91. The molecule has 0 aromatic rings. The van der Waals surface area contributed by atoms with Crippen molar-refractivity contribution in [1.29, 1.82) is 5.26 Å². The number of nitriles is 1. The van der Waals surface area contributed by atoms with Gasteiger partial charge >= 0.3 is 0 Å². The molecule has 0 fully saturated rings. The predicted octanol–water partition coefficient (Wildman–Crippen LogP) is 2.03. The molecule has 0 saturated heterocycles. The molecule has 0 aliphatic rings. The third-order valence-electron chi connectivity index (χ3n) is 0.371. The van der Waals surface area contributed by atoms with Gasteiger partial charge in [0.2, 0.25) is 0 Å². The van der Waals surface area contributed by atoms with E-state index in [2.05, 4.69) is 6.92 Å². The van der Waals surface area contributed by atoms with Crippen LogP contribution in [-0.4, -0.2) is 5.75 Å². The Morgan fingerprint density at radius 2 is 2.29 bits per heavy atom. The van der Waals surface area contributed by atoms with Gasteiger partial charge in [-0.2, -0.15) is 5.26 Å². The van der Waals surface area contributed by atoms with Crippen LogP contribution in [0.25, 0.3) is 0 Å². The maximum Gasteiger partial charge on any atom is 0.133 e. The van der Waals surface area contributed by atoms with E-state index in [4.69, 9.17) is 5.26 Å². The zero-order valence-electron chi connectivity index (χ0n) is 4.18. The van der Waals surface area contributed by atoms with Gasteiger partial charge in [0.25, 0.3) is 0 Å². The second-order valence-electron chi connectivity index (χ2n) is 0.940. The first-order valence-electron chi connectivity index (χ1n) is 1.92. The van der Waals surface area contributed by atoms with Crippen molar-refractivity contribution < 1.29 is 0 Å². The van der Waals surface area contributed by atoms with Crippen molar-refractivity contribution in [2.45, 2.75) is 13.3 Å². The third-order valence-corrected chi connectivity index (χ3v) is 1.11. The quantitative estimate of drug-likeness (QED) is 0.430. The van der Waals surface area contributed by atoms with Gasteiger partial charge in [-0.1, -0.05) is 6.92 Å². The number of thioether (sulfide) groups is 1. The molecule has 0 unspecified atom stereocenters. The Balaban J connectivity index is 0. The van der Waals surface area contributed by atoms with Gasteiger partial charge < -0.3 is 0 Å². The molecule has 42 valence electrons. The molecule has 0 heterocycles. The average molecular weight is 138 g/mol. The molecule has 0 rings (SSSR count). The highest BCUT2D eigenvalue weighted by Gasteiger charge is 1.74. The molecule has 1 nitrogen and oxygen atoms in total. The van der Waals surface area contributed by atoms with Crippen LogP contribution in [0, 0.1) is 10.7 Å². The molecule has 0 aromatic heterocycles. The number of hydrogen-bond acceptors (Lipinski definition) is 2. The normalized spacial score (nSPS) is 6.29. The van der Waals surface area contributed by atoms with Crippen LogP contribution in [-0.2, 0) is 0 Å². The molecule has 0 atom stereocenters. The maximum absolute atomic E-state index is 7.91. The van der Waals surface area contributed by atoms with Crippen LogP contribution in [0.4, 0.5) is 0 Å². The minimum Gasteiger partial charge on any atom is -0.185 e. The van der Waals surface area contributed by atoms with Gasteiger partial charge in [-0.25, -0.2) is 0 Å². The van der Waals surface area contributed by atoms with Crippen LogP contribution in [0.5, 0.6) is 0 Å². The summed E-state index contributed by atoms with van der Waals surface area (Å²) in [6.45, 7) is 2.06. The molecule has 0 aromatic carbocycles. The summed E-state index contributed by atoms with van der Waals surface area (Å²) in [6, 6.07) is 0. The van der Waals surface area contributed by atoms with E-state index >= 15 is 0 Å². The Morgan fingerprint density at radius 3 is 2.43 bits per heavy atom. The number of thiocyanates is 1. The average Bonchev–Trinajstić information content (AvgIpc) is 1.61. The van der Waals surface area contributed by atoms with E-state index in [-0.39, 0.29) is 12.4 Å². The second kappa shape index (κ2) is 9.46. The van der Waals surface area contributed by atoms with Gasteiger partial charge in [0.1, 0.15) is 5.40 Å². The lowest BCUT2D eigenvalue weighted by atomic mass is 10.6. The largest absolute Gasteiger partial charge is 0.185 e. The van der Waals surface area contributed by atoms with Crippen molar-refractivity contribution in [1.82, 2.24) is 0 Å². The summed E-state index contributed by atoms with van der Waals surface area (Å²) >= 11 is 1.31. The van der Waals surface area contributed by atoms with E-state index in [9.17, 15) is 0 Å². The molecule has 0 N–H and O–H groups in total. The first kappa shape index (κ1) is 10.2. The molecule has 0 saturated carbocycles. The fourth-order valence-corrected chi connectivity index (χ4v) is 0.443. The molecule has 3 heteroatoms. The van der Waals surface area contributed by atoms with Crippen LogP contribution < -0.4 is 0 Å². The fourth-order valence-electron chi connectivity index (χ4n) is 0.148. The lowest BCUT2D eigenvalue weighted by Crippen LogP contribution is -1.64. The van der Waals surface area contributed by atoms with Crippen LogP contribution >= 0.6 is 24.2 Å². The highest BCUT2D eigenvalue weighted by atomic mass is 35.5. The maximum atomic E-state index is 7.91. The zero-order valence-corrected chi connectivity index (χ0v) is 5.81. The molecule has 0 aliphatic carbocycles. The van der Waals surface area contributed by atoms with E-state index in [0.29, 0.717) is 0 Å². The van der Waals surface area contributed by atoms with Crippen molar-refractivity contribution >= 4 is 24.2 Å². The number of rotatable bonds is 2. The molecule has 0 aliphatic heterocycles. The molecule has 7 heavy (non-hydrogen) atoms. The van der Waals surface area contributed by atoms with Crippen molar-refractivity contribution in [2.75, 3.05) is 5.75 Å². The SMILES string of the molecule is CCCSC#N.Cl. The van der Waals surface area contributed by atoms with Gasteiger partial charge in [-0.15, -0.1) is 12.4 Å². The fraction of sp³-hybridized carbons (Fsp3) is 0.750. The molecular formula is C4H8ClNS. The Morgan fingerprint density at radius 1 is 1.71 bits per heavy atom. The van der Waals surface area contributed by atoms with Gasteiger partial charge in [0.15, 0.2) is 0 Å². The highest BCUT2D eigenvalue weighted by molar-refractivity contribution is 8.03. The van der Waals surface area contributed by atoms with E-state index < -0.39 is 0 Å². The predicted molar refractivity (Wildman–Crippen MR) is 35.6 cm³/mol. The van der Waals surface area contributed by atoms with E-state index in [1.165, 1.54) is 11.8 Å². The second-order valence-corrected chi connectivity index (χ2v) is 1.82. The zero-order chi connectivity index (χ0) is 4.83. The van der Waals surface area contributed by atoms with Crippen LogP contribution in [0.1, 0.15) is 13.3 Å². The van der Waals surface area contributed by atoms with E-state index in [0.717, 1.165) is 12.2 Å². The minimum absolute atomic E-state index is 0. The van der Waals surface area contributed by atoms with Crippen molar-refractivity contribution in [3.63, 3.8) is 0 Å². The number of nitrogens with zero attached hydrogens (tertiary/aromatic N) is 1. The molecule has 0 bridgehead atoms. The summed E-state index contributed by atoms with van der Waals surface area (Å²) < 4.78 is 0. The summed E-state index contributed by atoms with van der Waals surface area (Å²) in [5, 5.41) is 9.90. The molecular weight excluding hydrogens is 130 g/mol. The summed E-state index contributed by atoms with van der Waals surface area (Å²) in [6.07, 6.45) is 1.10. The van der Waals surface area contributed by atoms with E-state index in [1.807, 2.05) is 5.40 Å². The van der Waals surface area contributed by atoms with Crippen LogP contribution in [0.2, 0.25) is 0 Å². The molecule has 0 amide bonds. The van der Waals surface area contributed by atoms with Crippen LogP contribution in [0.3, 0.4) is 0 Å². The summed E-state index contributed by atoms with van der Waals surface area (Å²) in [7, 11) is 0. The summed E-state index contributed by atoms with van der Waals surface area (Å²) in [4.78, 5) is 0.